The molecule has 2 heterocycles. The van der Waals surface area contributed by atoms with E-state index in [9.17, 15) is 14.4 Å². The molecule has 8 heteroatoms. The molecule has 2 N–H and O–H groups in total. The third kappa shape index (κ3) is 4.46. The highest BCUT2D eigenvalue weighted by Crippen LogP contribution is 2.22. The lowest BCUT2D eigenvalue weighted by Crippen LogP contribution is -2.38. The molecule has 0 atom stereocenters. The second kappa shape index (κ2) is 8.59. The highest BCUT2D eigenvalue weighted by molar-refractivity contribution is 6.30. The molecule has 4 rings (SSSR count). The van der Waals surface area contributed by atoms with Crippen LogP contribution in [0.4, 0.5) is 16.2 Å². The third-order valence-corrected chi connectivity index (χ3v) is 5.32. The van der Waals surface area contributed by atoms with E-state index in [4.69, 9.17) is 11.6 Å². The summed E-state index contributed by atoms with van der Waals surface area (Å²) in [5, 5.41) is 5.72. The van der Waals surface area contributed by atoms with E-state index >= 15 is 0 Å². The van der Waals surface area contributed by atoms with Gasteiger partial charge in [0.2, 0.25) is 5.91 Å². The quantitative estimate of drug-likeness (QED) is 0.568. The maximum absolute atomic E-state index is 12.6. The maximum Gasteiger partial charge on any atom is 0.329 e. The van der Waals surface area contributed by atoms with Crippen molar-refractivity contribution >= 4 is 46.9 Å². The minimum Gasteiger partial charge on any atom is -0.372 e. The van der Waals surface area contributed by atoms with Crippen molar-refractivity contribution in [2.24, 2.45) is 0 Å². The van der Waals surface area contributed by atoms with Gasteiger partial charge in [-0.25, -0.2) is 9.69 Å². The summed E-state index contributed by atoms with van der Waals surface area (Å²) >= 11 is 5.82. The molecule has 0 spiro atoms. The first-order valence-corrected chi connectivity index (χ1v) is 10.1. The highest BCUT2D eigenvalue weighted by atomic mass is 35.5. The Morgan fingerprint density at radius 1 is 1.03 bits per heavy atom. The average molecular weight is 425 g/mol. The van der Waals surface area contributed by atoms with Crippen molar-refractivity contribution in [3.8, 4) is 0 Å². The van der Waals surface area contributed by atoms with Crippen molar-refractivity contribution in [1.82, 2.24) is 10.2 Å². The number of nitrogens with zero attached hydrogens (tertiary/aromatic N) is 2. The van der Waals surface area contributed by atoms with E-state index in [0.717, 1.165) is 29.2 Å². The molecule has 154 valence electrons. The van der Waals surface area contributed by atoms with Crippen LogP contribution in [0.15, 0.2) is 54.2 Å². The third-order valence-electron chi connectivity index (χ3n) is 5.07. The molecular formula is C22H21ClN4O3. The van der Waals surface area contributed by atoms with Gasteiger partial charge in [0.25, 0.3) is 5.91 Å². The number of amides is 4. The number of carbonyl (C=O) groups is 3. The van der Waals surface area contributed by atoms with Crippen molar-refractivity contribution in [3.05, 3.63) is 64.8 Å². The van der Waals surface area contributed by atoms with Gasteiger partial charge in [0.15, 0.2) is 0 Å². The number of hydrogen-bond acceptors (Lipinski definition) is 4. The summed E-state index contributed by atoms with van der Waals surface area (Å²) in [4.78, 5) is 40.2. The normalized spacial score (nSPS) is 17.6. The van der Waals surface area contributed by atoms with Crippen LogP contribution in [-0.2, 0) is 9.59 Å². The molecule has 2 fully saturated rings. The lowest BCUT2D eigenvalue weighted by molar-refractivity contribution is -0.127. The molecule has 2 aromatic rings. The van der Waals surface area contributed by atoms with Crippen LogP contribution in [0.25, 0.3) is 6.08 Å². The first kappa shape index (κ1) is 20.0. The van der Waals surface area contributed by atoms with Crippen LogP contribution in [-0.4, -0.2) is 42.4 Å². The van der Waals surface area contributed by atoms with Crippen LogP contribution in [0.2, 0.25) is 5.02 Å². The molecular weight excluding hydrogens is 404 g/mol. The van der Waals surface area contributed by atoms with Gasteiger partial charge in [0.1, 0.15) is 12.2 Å². The molecule has 4 amide bonds. The van der Waals surface area contributed by atoms with Crippen LogP contribution in [0.1, 0.15) is 18.4 Å². The van der Waals surface area contributed by atoms with E-state index in [1.54, 1.807) is 30.3 Å². The first-order valence-electron chi connectivity index (χ1n) is 9.74. The first-order chi connectivity index (χ1) is 14.5. The van der Waals surface area contributed by atoms with Crippen LogP contribution >= 0.6 is 11.6 Å². The molecule has 2 aliphatic rings. The zero-order valence-electron chi connectivity index (χ0n) is 16.2. The molecule has 2 aromatic carbocycles. The standard InChI is InChI=1S/C22H21ClN4O3/c23-16-5-7-17(8-6-16)24-20(28)14-27-21(29)19(25-22(27)30)13-15-3-9-18(10-4-15)26-11-1-2-12-26/h3-10,13H,1-2,11-12,14H2,(H,24,28)(H,25,30)/b19-13-. The van der Waals surface area contributed by atoms with E-state index in [-0.39, 0.29) is 12.2 Å². The summed E-state index contributed by atoms with van der Waals surface area (Å²) in [6.07, 6.45) is 4.02. The number of rotatable bonds is 5. The van der Waals surface area contributed by atoms with Crippen LogP contribution in [0.5, 0.6) is 0 Å². The van der Waals surface area contributed by atoms with Crippen LogP contribution in [0, 0.1) is 0 Å². The van der Waals surface area contributed by atoms with E-state index < -0.39 is 17.8 Å². The smallest absolute Gasteiger partial charge is 0.329 e. The van der Waals surface area contributed by atoms with E-state index in [1.165, 1.54) is 12.8 Å². The van der Waals surface area contributed by atoms with E-state index in [1.807, 2.05) is 24.3 Å². The van der Waals surface area contributed by atoms with E-state index in [0.29, 0.717) is 10.7 Å². The fourth-order valence-electron chi connectivity index (χ4n) is 3.52. The number of anilines is 2. The molecule has 7 nitrogen and oxygen atoms in total. The number of halogens is 1. The number of nitrogens with one attached hydrogen (secondary N) is 2. The van der Waals surface area contributed by atoms with Crippen molar-refractivity contribution in [1.29, 1.82) is 0 Å². The Balaban J connectivity index is 1.40. The molecule has 0 unspecified atom stereocenters. The van der Waals surface area contributed by atoms with Gasteiger partial charge in [-0.2, -0.15) is 0 Å². The number of urea groups is 1. The Kier molecular flexibility index (Phi) is 5.72. The van der Waals surface area contributed by atoms with Gasteiger partial charge in [-0.15, -0.1) is 0 Å². The number of benzene rings is 2. The van der Waals surface area contributed by atoms with Gasteiger partial charge in [-0.3, -0.25) is 9.59 Å². The molecule has 30 heavy (non-hydrogen) atoms. The minimum atomic E-state index is -0.619. The summed E-state index contributed by atoms with van der Waals surface area (Å²) in [5.74, 6) is -1.01. The molecule has 0 aromatic heterocycles. The monoisotopic (exact) mass is 424 g/mol. The SMILES string of the molecule is O=C(CN1C(=O)N/C(=C\c2ccc(N3CCCC3)cc2)C1=O)Nc1ccc(Cl)cc1. The summed E-state index contributed by atoms with van der Waals surface area (Å²) in [6, 6.07) is 13.8. The highest BCUT2D eigenvalue weighted by Gasteiger charge is 2.34. The zero-order chi connectivity index (χ0) is 21.1. The second-order valence-electron chi connectivity index (χ2n) is 7.22. The van der Waals surface area contributed by atoms with Gasteiger partial charge < -0.3 is 15.5 Å². The lowest BCUT2D eigenvalue weighted by atomic mass is 10.1. The minimum absolute atomic E-state index is 0.146. The van der Waals surface area contributed by atoms with Gasteiger partial charge >= 0.3 is 6.03 Å². The maximum atomic E-state index is 12.6. The Bertz CT molecular complexity index is 996. The van der Waals surface area contributed by atoms with Crippen molar-refractivity contribution in [3.63, 3.8) is 0 Å². The van der Waals surface area contributed by atoms with Crippen molar-refractivity contribution in [2.45, 2.75) is 12.8 Å². The molecule has 0 radical (unpaired) electrons. The molecule has 2 saturated heterocycles. The van der Waals surface area contributed by atoms with Gasteiger partial charge in [-0.05, 0) is 60.9 Å². The van der Waals surface area contributed by atoms with E-state index in [2.05, 4.69) is 15.5 Å². The predicted molar refractivity (Wildman–Crippen MR) is 116 cm³/mol. The second-order valence-corrected chi connectivity index (χ2v) is 7.66. The average Bonchev–Trinajstić information content (AvgIpc) is 3.35. The number of carbonyl (C=O) groups excluding carboxylic acids is 3. The summed E-state index contributed by atoms with van der Waals surface area (Å²) < 4.78 is 0. The Labute approximate surface area is 179 Å². The summed E-state index contributed by atoms with van der Waals surface area (Å²) in [6.45, 7) is 1.74. The van der Waals surface area contributed by atoms with Gasteiger partial charge in [0.05, 0.1) is 0 Å². The molecule has 0 bridgehead atoms. The number of imide groups is 1. The molecule has 0 saturated carbocycles. The van der Waals surface area contributed by atoms with Gasteiger partial charge in [-0.1, -0.05) is 23.7 Å². The fraction of sp³-hybridized carbons (Fsp3) is 0.227. The summed E-state index contributed by atoms with van der Waals surface area (Å²) in [7, 11) is 0. The van der Waals surface area contributed by atoms with Gasteiger partial charge in [0, 0.05) is 29.5 Å². The Morgan fingerprint density at radius 2 is 1.70 bits per heavy atom. The van der Waals surface area contributed by atoms with Crippen LogP contribution < -0.4 is 15.5 Å². The van der Waals surface area contributed by atoms with Crippen molar-refractivity contribution < 1.29 is 14.4 Å². The topological polar surface area (TPSA) is 81.8 Å². The van der Waals surface area contributed by atoms with Crippen LogP contribution in [0.3, 0.4) is 0 Å². The zero-order valence-corrected chi connectivity index (χ0v) is 17.0. The number of hydrogen-bond donors (Lipinski definition) is 2. The Hall–Kier alpha value is -3.32. The van der Waals surface area contributed by atoms with Crippen molar-refractivity contribution in [2.75, 3.05) is 29.9 Å². The fourth-order valence-corrected chi connectivity index (χ4v) is 3.64. The Morgan fingerprint density at radius 3 is 2.37 bits per heavy atom. The lowest BCUT2D eigenvalue weighted by Gasteiger charge is -2.17. The largest absolute Gasteiger partial charge is 0.372 e. The summed E-state index contributed by atoms with van der Waals surface area (Å²) in [5.41, 5.74) is 2.63. The predicted octanol–water partition coefficient (Wildman–Crippen LogP) is 3.47. The molecule has 0 aliphatic carbocycles. The molecule has 2 aliphatic heterocycles.